The molecule has 0 N–H and O–H groups in total. The molecule has 2 rings (SSSR count). The normalized spacial score (nSPS) is 17.4. The van der Waals surface area contributed by atoms with Gasteiger partial charge >= 0.3 is 0 Å². The second kappa shape index (κ2) is 10.1. The highest BCUT2D eigenvalue weighted by Gasteiger charge is 2.21. The predicted molar refractivity (Wildman–Crippen MR) is 105 cm³/mol. The Morgan fingerprint density at radius 2 is 2.00 bits per heavy atom. The first-order chi connectivity index (χ1) is 12.0. The molecule has 1 saturated heterocycles. The van der Waals surface area contributed by atoms with Crippen molar-refractivity contribution in [2.24, 2.45) is 0 Å². The highest BCUT2D eigenvalue weighted by molar-refractivity contribution is 6.30. The molecule has 0 bridgehead atoms. The van der Waals surface area contributed by atoms with Crippen LogP contribution >= 0.6 is 11.6 Å². The largest absolute Gasteiger partial charge is 0.338 e. The van der Waals surface area contributed by atoms with Crippen LogP contribution in [0.2, 0.25) is 5.02 Å². The first kappa shape index (κ1) is 20.2. The van der Waals surface area contributed by atoms with Crippen LogP contribution < -0.4 is 0 Å². The van der Waals surface area contributed by atoms with Gasteiger partial charge in [0.25, 0.3) is 0 Å². The molecule has 1 aromatic rings. The van der Waals surface area contributed by atoms with Gasteiger partial charge in [-0.15, -0.1) is 0 Å². The van der Waals surface area contributed by atoms with E-state index >= 15 is 0 Å². The molecule has 1 fully saturated rings. The van der Waals surface area contributed by atoms with E-state index < -0.39 is 0 Å². The fourth-order valence-corrected chi connectivity index (χ4v) is 3.57. The maximum absolute atomic E-state index is 12.7. The fourth-order valence-electron chi connectivity index (χ4n) is 3.35. The number of nitrogens with zero attached hydrogens (tertiary/aromatic N) is 3. The van der Waals surface area contributed by atoms with Crippen LogP contribution in [0.25, 0.3) is 0 Å². The van der Waals surface area contributed by atoms with E-state index in [0.29, 0.717) is 19.0 Å². The van der Waals surface area contributed by atoms with Gasteiger partial charge in [0.05, 0.1) is 0 Å². The molecule has 140 valence electrons. The van der Waals surface area contributed by atoms with Gasteiger partial charge in [-0.2, -0.15) is 0 Å². The van der Waals surface area contributed by atoms with Gasteiger partial charge in [-0.3, -0.25) is 9.69 Å². The molecular weight excluding hydrogens is 334 g/mol. The van der Waals surface area contributed by atoms with Gasteiger partial charge < -0.3 is 9.80 Å². The smallest absolute Gasteiger partial charge is 0.222 e. The molecule has 0 unspecified atom stereocenters. The van der Waals surface area contributed by atoms with E-state index in [0.717, 1.165) is 56.2 Å². The molecule has 0 aliphatic carbocycles. The van der Waals surface area contributed by atoms with Gasteiger partial charge in [0, 0.05) is 56.8 Å². The van der Waals surface area contributed by atoms with Crippen LogP contribution in [0.3, 0.4) is 0 Å². The van der Waals surface area contributed by atoms with Crippen molar-refractivity contribution in [3.8, 4) is 0 Å². The van der Waals surface area contributed by atoms with E-state index in [9.17, 15) is 4.79 Å². The Bertz CT molecular complexity index is 543. The second-order valence-corrected chi connectivity index (χ2v) is 7.61. The fraction of sp³-hybridized carbons (Fsp3) is 0.650. The van der Waals surface area contributed by atoms with Gasteiger partial charge in [0.1, 0.15) is 0 Å². The summed E-state index contributed by atoms with van der Waals surface area (Å²) >= 11 is 6.07. The molecule has 4 nitrogen and oxygen atoms in total. The number of piperazine rings is 1. The molecule has 0 saturated carbocycles. The molecule has 1 heterocycles. The van der Waals surface area contributed by atoms with E-state index in [1.807, 2.05) is 29.2 Å². The predicted octanol–water partition coefficient (Wildman–Crippen LogP) is 3.49. The lowest BCUT2D eigenvalue weighted by Crippen LogP contribution is -2.48. The van der Waals surface area contributed by atoms with Crippen molar-refractivity contribution in [2.75, 3.05) is 39.8 Å². The van der Waals surface area contributed by atoms with Crippen LogP contribution in [0.4, 0.5) is 0 Å². The number of benzene rings is 1. The zero-order valence-corrected chi connectivity index (χ0v) is 16.6. The zero-order chi connectivity index (χ0) is 18.2. The van der Waals surface area contributed by atoms with E-state index in [1.54, 1.807) is 0 Å². The van der Waals surface area contributed by atoms with Crippen molar-refractivity contribution in [1.82, 2.24) is 14.7 Å². The van der Waals surface area contributed by atoms with Gasteiger partial charge in [0.2, 0.25) is 5.91 Å². The summed E-state index contributed by atoms with van der Waals surface area (Å²) in [6, 6.07) is 8.27. The van der Waals surface area contributed by atoms with Crippen molar-refractivity contribution in [2.45, 2.75) is 45.7 Å². The summed E-state index contributed by atoms with van der Waals surface area (Å²) in [5.74, 6) is 0.253. The molecule has 0 aromatic heterocycles. The third kappa shape index (κ3) is 6.61. The van der Waals surface area contributed by atoms with Crippen molar-refractivity contribution >= 4 is 17.5 Å². The zero-order valence-electron chi connectivity index (χ0n) is 15.9. The van der Waals surface area contributed by atoms with Crippen LogP contribution in [0, 0.1) is 0 Å². The van der Waals surface area contributed by atoms with Crippen LogP contribution in [0.5, 0.6) is 0 Å². The number of carbonyl (C=O) groups is 1. The summed E-state index contributed by atoms with van der Waals surface area (Å²) in [4.78, 5) is 19.6. The highest BCUT2D eigenvalue weighted by Crippen LogP contribution is 2.15. The number of amides is 1. The van der Waals surface area contributed by atoms with Crippen LogP contribution in [-0.2, 0) is 11.3 Å². The Morgan fingerprint density at radius 3 is 2.64 bits per heavy atom. The van der Waals surface area contributed by atoms with Gasteiger partial charge in [-0.05, 0) is 44.5 Å². The van der Waals surface area contributed by atoms with E-state index in [1.165, 1.54) is 0 Å². The molecule has 1 aliphatic rings. The number of hydrogen-bond donors (Lipinski definition) is 0. The maximum Gasteiger partial charge on any atom is 0.222 e. The summed E-state index contributed by atoms with van der Waals surface area (Å²) < 4.78 is 0. The Kier molecular flexibility index (Phi) is 8.20. The first-order valence-corrected chi connectivity index (χ1v) is 9.82. The summed E-state index contributed by atoms with van der Waals surface area (Å²) in [5, 5.41) is 0.727. The van der Waals surface area contributed by atoms with E-state index in [-0.39, 0.29) is 5.91 Å². The van der Waals surface area contributed by atoms with Crippen LogP contribution in [0.1, 0.15) is 38.7 Å². The number of carbonyl (C=O) groups excluding carboxylic acids is 1. The Labute approximate surface area is 157 Å². The molecule has 1 aliphatic heterocycles. The molecule has 0 spiro atoms. The molecule has 25 heavy (non-hydrogen) atoms. The molecular formula is C20H32ClN3O. The minimum Gasteiger partial charge on any atom is -0.338 e. The molecule has 1 amide bonds. The Balaban J connectivity index is 1.85. The number of hydrogen-bond acceptors (Lipinski definition) is 3. The lowest BCUT2D eigenvalue weighted by atomic mass is 10.1. The van der Waals surface area contributed by atoms with Crippen LogP contribution in [-0.4, -0.2) is 66.4 Å². The monoisotopic (exact) mass is 365 g/mol. The van der Waals surface area contributed by atoms with Crippen molar-refractivity contribution in [3.05, 3.63) is 34.9 Å². The topological polar surface area (TPSA) is 26.8 Å². The number of likely N-dealkylation sites (N-methyl/N-ethyl adjacent to an activating group) is 1. The van der Waals surface area contributed by atoms with Gasteiger partial charge in [0.15, 0.2) is 0 Å². The van der Waals surface area contributed by atoms with E-state index in [4.69, 9.17) is 11.6 Å². The highest BCUT2D eigenvalue weighted by atomic mass is 35.5. The summed E-state index contributed by atoms with van der Waals surface area (Å²) in [7, 11) is 2.17. The van der Waals surface area contributed by atoms with Crippen molar-refractivity contribution in [3.63, 3.8) is 0 Å². The van der Waals surface area contributed by atoms with Crippen molar-refractivity contribution in [1.29, 1.82) is 0 Å². The number of rotatable bonds is 8. The Hall–Kier alpha value is -1.10. The summed E-state index contributed by atoms with van der Waals surface area (Å²) in [6.07, 6.45) is 2.52. The SMILES string of the molecule is CCCN(Cc1cccc(Cl)c1)C(=O)CC[C@H](C)N1CCN(C)CC1. The lowest BCUT2D eigenvalue weighted by Gasteiger charge is -2.36. The first-order valence-electron chi connectivity index (χ1n) is 9.44. The number of halogens is 1. The van der Waals surface area contributed by atoms with Crippen LogP contribution in [0.15, 0.2) is 24.3 Å². The quantitative estimate of drug-likeness (QED) is 0.705. The molecule has 1 aromatic carbocycles. The second-order valence-electron chi connectivity index (χ2n) is 7.17. The van der Waals surface area contributed by atoms with Gasteiger partial charge in [-0.1, -0.05) is 30.7 Å². The minimum atomic E-state index is 0.253. The summed E-state index contributed by atoms with van der Waals surface area (Å²) in [6.45, 7) is 10.3. The van der Waals surface area contributed by atoms with E-state index in [2.05, 4.69) is 30.7 Å². The Morgan fingerprint density at radius 1 is 1.28 bits per heavy atom. The standard InChI is InChI=1S/C20H32ClN3O/c1-4-10-24(16-18-6-5-7-19(21)15-18)20(25)9-8-17(2)23-13-11-22(3)12-14-23/h5-7,15,17H,4,8-14,16H2,1-3H3/t17-/m0/s1. The third-order valence-electron chi connectivity index (χ3n) is 5.05. The minimum absolute atomic E-state index is 0.253. The average molecular weight is 366 g/mol. The molecule has 5 heteroatoms. The maximum atomic E-state index is 12.7. The summed E-state index contributed by atoms with van der Waals surface area (Å²) in [5.41, 5.74) is 1.10. The third-order valence-corrected chi connectivity index (χ3v) is 5.28. The molecule has 0 radical (unpaired) electrons. The van der Waals surface area contributed by atoms with Gasteiger partial charge in [-0.25, -0.2) is 0 Å². The average Bonchev–Trinajstić information content (AvgIpc) is 2.59. The molecule has 1 atom stereocenters. The van der Waals surface area contributed by atoms with Crippen molar-refractivity contribution < 1.29 is 4.79 Å². The lowest BCUT2D eigenvalue weighted by molar-refractivity contribution is -0.132.